The van der Waals surface area contributed by atoms with Crippen molar-refractivity contribution in [1.82, 2.24) is 10.8 Å². The van der Waals surface area contributed by atoms with E-state index in [0.29, 0.717) is 0 Å². The summed E-state index contributed by atoms with van der Waals surface area (Å²) >= 11 is 0. The fourth-order valence-electron chi connectivity index (χ4n) is 1.80. The Balaban J connectivity index is 2.04. The molecule has 96 valence electrons. The monoisotopic (exact) mass is 249 g/mol. The average Bonchev–Trinajstić information content (AvgIpc) is 2.77. The average molecular weight is 249 g/mol. The third kappa shape index (κ3) is 2.66. The van der Waals surface area contributed by atoms with E-state index in [4.69, 9.17) is 10.6 Å². The molecule has 2 amide bonds. The molecular weight excluding hydrogens is 234 g/mol. The zero-order valence-corrected chi connectivity index (χ0v) is 9.76. The van der Waals surface area contributed by atoms with Crippen LogP contribution in [0.5, 0.6) is 0 Å². The summed E-state index contributed by atoms with van der Waals surface area (Å²) in [5.74, 6) is -1.07. The van der Waals surface area contributed by atoms with E-state index in [1.54, 1.807) is 0 Å². The molecule has 2 rings (SSSR count). The third-order valence-electron chi connectivity index (χ3n) is 2.81. The molecule has 1 fully saturated rings. The minimum absolute atomic E-state index is 0.136. The van der Waals surface area contributed by atoms with Crippen LogP contribution in [0.2, 0.25) is 0 Å². The lowest BCUT2D eigenvalue weighted by Gasteiger charge is -2.16. The molecule has 1 aliphatic rings. The second-order valence-electron chi connectivity index (χ2n) is 4.04. The van der Waals surface area contributed by atoms with Crippen molar-refractivity contribution in [3.63, 3.8) is 0 Å². The first-order valence-corrected chi connectivity index (χ1v) is 5.69. The molecule has 6 heteroatoms. The molecule has 1 aromatic carbocycles. The van der Waals surface area contributed by atoms with Crippen molar-refractivity contribution in [2.24, 2.45) is 5.73 Å². The summed E-state index contributed by atoms with van der Waals surface area (Å²) in [6.07, 6.45) is 0. The third-order valence-corrected chi connectivity index (χ3v) is 2.81. The molecule has 1 unspecified atom stereocenters. The van der Waals surface area contributed by atoms with Crippen LogP contribution in [0.4, 0.5) is 0 Å². The smallest absolute Gasteiger partial charge is 0.268 e. The molecule has 1 aliphatic heterocycles. The molecule has 1 aromatic rings. The molecule has 0 spiro atoms. The Morgan fingerprint density at radius 3 is 2.78 bits per heavy atom. The molecular formula is C12H15N3O3. The standard InChI is InChI=1S/C12H15N3O3/c13-6-9(8-4-2-1-3-5-8)11(16)14-10-7-18-15-12(10)17/h1-5,9-10H,6-7,13H2,(H,14,16)(H,15,17)/t9?,10-/m1/s1. The maximum absolute atomic E-state index is 12.0. The van der Waals surface area contributed by atoms with Crippen LogP contribution in [-0.4, -0.2) is 31.0 Å². The van der Waals surface area contributed by atoms with E-state index in [1.807, 2.05) is 30.3 Å². The van der Waals surface area contributed by atoms with Gasteiger partial charge in [-0.2, -0.15) is 0 Å². The lowest BCUT2D eigenvalue weighted by Crippen LogP contribution is -2.45. The van der Waals surface area contributed by atoms with Gasteiger partial charge in [-0.15, -0.1) is 0 Å². The fraction of sp³-hybridized carbons (Fsp3) is 0.333. The summed E-state index contributed by atoms with van der Waals surface area (Å²) in [7, 11) is 0. The Hall–Kier alpha value is -1.92. The molecule has 6 nitrogen and oxygen atoms in total. The van der Waals surface area contributed by atoms with E-state index < -0.39 is 12.0 Å². The number of rotatable bonds is 4. The van der Waals surface area contributed by atoms with Gasteiger partial charge in [0.15, 0.2) is 0 Å². The minimum Gasteiger partial charge on any atom is -0.342 e. The minimum atomic E-state index is -0.643. The van der Waals surface area contributed by atoms with Gasteiger partial charge in [-0.3, -0.25) is 14.4 Å². The van der Waals surface area contributed by atoms with E-state index in [-0.39, 0.29) is 25.0 Å². The van der Waals surface area contributed by atoms with Gasteiger partial charge in [-0.25, -0.2) is 5.48 Å². The second-order valence-corrected chi connectivity index (χ2v) is 4.04. The van der Waals surface area contributed by atoms with E-state index in [1.165, 1.54) is 0 Å². The summed E-state index contributed by atoms with van der Waals surface area (Å²) in [4.78, 5) is 28.1. The van der Waals surface area contributed by atoms with E-state index in [9.17, 15) is 9.59 Å². The van der Waals surface area contributed by atoms with Crippen molar-refractivity contribution in [1.29, 1.82) is 0 Å². The quantitative estimate of drug-likeness (QED) is 0.656. The van der Waals surface area contributed by atoms with E-state index >= 15 is 0 Å². The molecule has 2 atom stereocenters. The number of hydroxylamine groups is 1. The van der Waals surface area contributed by atoms with Crippen molar-refractivity contribution in [3.05, 3.63) is 35.9 Å². The first-order valence-electron chi connectivity index (χ1n) is 5.69. The summed E-state index contributed by atoms with van der Waals surface area (Å²) in [6, 6.07) is 8.58. The fourth-order valence-corrected chi connectivity index (χ4v) is 1.80. The maximum Gasteiger partial charge on any atom is 0.268 e. The van der Waals surface area contributed by atoms with Crippen molar-refractivity contribution >= 4 is 11.8 Å². The van der Waals surface area contributed by atoms with Crippen molar-refractivity contribution in [2.45, 2.75) is 12.0 Å². The largest absolute Gasteiger partial charge is 0.342 e. The van der Waals surface area contributed by atoms with Crippen LogP contribution < -0.4 is 16.5 Å². The van der Waals surface area contributed by atoms with Crippen molar-refractivity contribution in [2.75, 3.05) is 13.2 Å². The summed E-state index contributed by atoms with van der Waals surface area (Å²) in [5, 5.41) is 2.62. The van der Waals surface area contributed by atoms with E-state index in [0.717, 1.165) is 5.56 Å². The van der Waals surface area contributed by atoms with Gasteiger partial charge in [-0.1, -0.05) is 30.3 Å². The van der Waals surface area contributed by atoms with Crippen LogP contribution in [0.15, 0.2) is 30.3 Å². The molecule has 4 N–H and O–H groups in total. The number of amides is 2. The molecule has 18 heavy (non-hydrogen) atoms. The normalized spacial score (nSPS) is 20.3. The number of hydrogen-bond donors (Lipinski definition) is 3. The summed E-state index contributed by atoms with van der Waals surface area (Å²) < 4.78 is 0. The Labute approximate surface area is 104 Å². The zero-order valence-electron chi connectivity index (χ0n) is 9.76. The van der Waals surface area contributed by atoms with Gasteiger partial charge in [0.1, 0.15) is 12.6 Å². The number of hydrogen-bond acceptors (Lipinski definition) is 4. The van der Waals surface area contributed by atoms with Gasteiger partial charge < -0.3 is 11.1 Å². The number of nitrogens with one attached hydrogen (secondary N) is 2. The van der Waals surface area contributed by atoms with Gasteiger partial charge in [-0.05, 0) is 5.56 Å². The summed E-state index contributed by atoms with van der Waals surface area (Å²) in [5.41, 5.74) is 8.64. The van der Waals surface area contributed by atoms with Crippen LogP contribution in [0.3, 0.4) is 0 Å². The van der Waals surface area contributed by atoms with Gasteiger partial charge in [0, 0.05) is 6.54 Å². The Bertz CT molecular complexity index is 435. The van der Waals surface area contributed by atoms with Crippen molar-refractivity contribution in [3.8, 4) is 0 Å². The SMILES string of the molecule is NCC(C(=O)N[C@@H]1CONC1=O)c1ccccc1. The highest BCUT2D eigenvalue weighted by Gasteiger charge is 2.29. The van der Waals surface area contributed by atoms with Gasteiger partial charge in [0.05, 0.1) is 5.92 Å². The zero-order chi connectivity index (χ0) is 13.0. The molecule has 1 heterocycles. The Morgan fingerprint density at radius 2 is 2.22 bits per heavy atom. The maximum atomic E-state index is 12.0. The summed E-state index contributed by atoms with van der Waals surface area (Å²) in [6.45, 7) is 0.321. The highest BCUT2D eigenvalue weighted by atomic mass is 16.7. The first kappa shape index (κ1) is 12.5. The second kappa shape index (κ2) is 5.61. The van der Waals surface area contributed by atoms with Crippen molar-refractivity contribution < 1.29 is 14.4 Å². The number of carbonyl (C=O) groups is 2. The topological polar surface area (TPSA) is 93.5 Å². The van der Waals surface area contributed by atoms with Crippen LogP contribution >= 0.6 is 0 Å². The highest BCUT2D eigenvalue weighted by molar-refractivity contribution is 5.91. The lowest BCUT2D eigenvalue weighted by atomic mass is 9.98. The predicted molar refractivity (Wildman–Crippen MR) is 64.3 cm³/mol. The highest BCUT2D eigenvalue weighted by Crippen LogP contribution is 2.14. The predicted octanol–water partition coefficient (Wildman–Crippen LogP) is -0.725. The van der Waals surface area contributed by atoms with Crippen LogP contribution in [0.25, 0.3) is 0 Å². The number of benzene rings is 1. The molecule has 0 aromatic heterocycles. The first-order chi connectivity index (χ1) is 8.72. The van der Waals surface area contributed by atoms with E-state index in [2.05, 4.69) is 10.8 Å². The molecule has 0 aliphatic carbocycles. The molecule has 0 bridgehead atoms. The molecule has 0 saturated carbocycles. The van der Waals surface area contributed by atoms with Crippen LogP contribution in [0, 0.1) is 0 Å². The Morgan fingerprint density at radius 1 is 1.50 bits per heavy atom. The van der Waals surface area contributed by atoms with Gasteiger partial charge >= 0.3 is 0 Å². The molecule has 1 saturated heterocycles. The lowest BCUT2D eigenvalue weighted by molar-refractivity contribution is -0.129. The Kier molecular flexibility index (Phi) is 3.91. The van der Waals surface area contributed by atoms with Gasteiger partial charge in [0.2, 0.25) is 5.91 Å². The van der Waals surface area contributed by atoms with Crippen LogP contribution in [-0.2, 0) is 14.4 Å². The number of nitrogens with two attached hydrogens (primary N) is 1. The number of carbonyl (C=O) groups excluding carboxylic acids is 2. The van der Waals surface area contributed by atoms with Crippen LogP contribution in [0.1, 0.15) is 11.5 Å². The molecule has 0 radical (unpaired) electrons. The van der Waals surface area contributed by atoms with Gasteiger partial charge in [0.25, 0.3) is 5.91 Å².